The standard InChI is InChI=1S/C25H38N8O5S/c1-14(21(34)33-20(24(37)38)12-15-13-30-18-8-4-3-6-16(15)18)31-23(36)19(9-11-39-2)32-22(35)17(26)7-5-10-29-25(27)28/h3-4,6,8,13-14,17,19-20,30H,5,7,9-12,26H2,1-2H3,(H,31,36)(H,32,35)(H,33,34)(H,37,38)(H4,27,28,29). The van der Waals surface area contributed by atoms with Gasteiger partial charge >= 0.3 is 5.97 Å². The molecule has 0 aliphatic heterocycles. The van der Waals surface area contributed by atoms with Gasteiger partial charge in [0.05, 0.1) is 6.04 Å². The fraction of sp³-hybridized carbons (Fsp3) is 0.480. The fourth-order valence-electron chi connectivity index (χ4n) is 3.83. The molecule has 0 bridgehead atoms. The fourth-order valence-corrected chi connectivity index (χ4v) is 4.30. The summed E-state index contributed by atoms with van der Waals surface area (Å²) in [7, 11) is 0. The third-order valence-corrected chi connectivity index (χ3v) is 6.66. The van der Waals surface area contributed by atoms with E-state index in [-0.39, 0.29) is 12.4 Å². The summed E-state index contributed by atoms with van der Waals surface area (Å²) in [5, 5.41) is 18.3. The van der Waals surface area contributed by atoms with Crippen molar-refractivity contribution in [1.82, 2.24) is 20.9 Å². The first-order valence-electron chi connectivity index (χ1n) is 12.5. The summed E-state index contributed by atoms with van der Waals surface area (Å²) in [6.07, 6.45) is 4.73. The molecule has 0 radical (unpaired) electrons. The molecule has 3 amide bonds. The Bertz CT molecular complexity index is 1170. The third kappa shape index (κ3) is 10.1. The molecule has 0 saturated heterocycles. The molecule has 4 atom stereocenters. The van der Waals surface area contributed by atoms with Gasteiger partial charge in [0, 0.05) is 30.1 Å². The first kappa shape index (κ1) is 31.4. The minimum atomic E-state index is -1.21. The molecular weight excluding hydrogens is 524 g/mol. The Balaban J connectivity index is 1.97. The summed E-state index contributed by atoms with van der Waals surface area (Å²) in [5.41, 5.74) is 18.1. The lowest BCUT2D eigenvalue weighted by atomic mass is 10.0. The smallest absolute Gasteiger partial charge is 0.326 e. The van der Waals surface area contributed by atoms with E-state index in [0.29, 0.717) is 31.6 Å². The number of rotatable bonds is 16. The molecule has 1 aromatic heterocycles. The zero-order chi connectivity index (χ0) is 28.9. The van der Waals surface area contributed by atoms with Crippen molar-refractivity contribution < 1.29 is 24.3 Å². The van der Waals surface area contributed by atoms with Gasteiger partial charge in [-0.15, -0.1) is 0 Å². The predicted octanol–water partition coefficient (Wildman–Crippen LogP) is -0.597. The van der Waals surface area contributed by atoms with Crippen LogP contribution < -0.4 is 33.2 Å². The van der Waals surface area contributed by atoms with E-state index < -0.39 is 47.9 Å². The Labute approximate surface area is 231 Å². The SMILES string of the molecule is CSCCC(NC(=O)C(N)CCCN=C(N)N)C(=O)NC(C)C(=O)NC(Cc1c[nH]c2ccccc12)C(=O)O. The van der Waals surface area contributed by atoms with Crippen LogP contribution >= 0.6 is 11.8 Å². The molecule has 39 heavy (non-hydrogen) atoms. The molecule has 0 aliphatic carbocycles. The second-order valence-corrected chi connectivity index (χ2v) is 10.1. The highest BCUT2D eigenvalue weighted by Gasteiger charge is 2.28. The number of carboxylic acid groups (broad SMARTS) is 1. The largest absolute Gasteiger partial charge is 0.480 e. The number of amides is 3. The van der Waals surface area contributed by atoms with Gasteiger partial charge in [-0.1, -0.05) is 18.2 Å². The highest BCUT2D eigenvalue weighted by atomic mass is 32.2. The van der Waals surface area contributed by atoms with E-state index in [2.05, 4.69) is 25.9 Å². The monoisotopic (exact) mass is 562 g/mol. The lowest BCUT2D eigenvalue weighted by molar-refractivity contribution is -0.142. The molecule has 214 valence electrons. The van der Waals surface area contributed by atoms with E-state index in [9.17, 15) is 24.3 Å². The number of hydrogen-bond acceptors (Lipinski definition) is 7. The first-order chi connectivity index (χ1) is 18.5. The number of thioether (sulfide) groups is 1. The topological polar surface area (TPSA) is 231 Å². The van der Waals surface area contributed by atoms with Crippen LogP contribution in [0.2, 0.25) is 0 Å². The third-order valence-electron chi connectivity index (χ3n) is 6.01. The van der Waals surface area contributed by atoms with E-state index in [4.69, 9.17) is 17.2 Å². The van der Waals surface area contributed by atoms with Gasteiger partial charge in [0.25, 0.3) is 0 Å². The molecule has 14 heteroatoms. The summed E-state index contributed by atoms with van der Waals surface area (Å²) in [6.45, 7) is 1.77. The van der Waals surface area contributed by atoms with Crippen LogP contribution in [0.25, 0.3) is 10.9 Å². The average molecular weight is 563 g/mol. The zero-order valence-electron chi connectivity index (χ0n) is 22.1. The number of aliphatic carboxylic acids is 1. The number of benzene rings is 1. The maximum atomic E-state index is 13.0. The number of nitrogens with one attached hydrogen (secondary N) is 4. The van der Waals surface area contributed by atoms with E-state index in [1.165, 1.54) is 18.7 Å². The molecule has 2 aromatic rings. The summed E-state index contributed by atoms with van der Waals surface area (Å²) in [5.74, 6) is -2.43. The number of carbonyl (C=O) groups is 4. The summed E-state index contributed by atoms with van der Waals surface area (Å²) >= 11 is 1.49. The number of carboxylic acids is 1. The molecule has 0 spiro atoms. The van der Waals surface area contributed by atoms with E-state index in [0.717, 1.165) is 16.5 Å². The molecule has 1 aromatic carbocycles. The van der Waals surface area contributed by atoms with Crippen LogP contribution in [0.5, 0.6) is 0 Å². The lowest BCUT2D eigenvalue weighted by Crippen LogP contribution is -2.56. The molecule has 2 rings (SSSR count). The van der Waals surface area contributed by atoms with E-state index >= 15 is 0 Å². The van der Waals surface area contributed by atoms with Crippen LogP contribution in [-0.2, 0) is 25.6 Å². The van der Waals surface area contributed by atoms with Gasteiger partial charge < -0.3 is 43.2 Å². The Kier molecular flexibility index (Phi) is 12.6. The van der Waals surface area contributed by atoms with Crippen LogP contribution in [0.1, 0.15) is 31.7 Å². The number of guanidine groups is 1. The van der Waals surface area contributed by atoms with Gasteiger partial charge in [-0.2, -0.15) is 11.8 Å². The number of hydrogen-bond donors (Lipinski definition) is 8. The van der Waals surface area contributed by atoms with Crippen LogP contribution in [0, 0.1) is 0 Å². The number of nitrogens with two attached hydrogens (primary N) is 3. The molecule has 13 nitrogen and oxygen atoms in total. The molecule has 11 N–H and O–H groups in total. The number of fused-ring (bicyclic) bond motifs is 1. The van der Waals surface area contributed by atoms with Gasteiger partial charge in [0.2, 0.25) is 17.7 Å². The van der Waals surface area contributed by atoms with Crippen LogP contribution in [0.3, 0.4) is 0 Å². The first-order valence-corrected chi connectivity index (χ1v) is 13.9. The second kappa shape index (κ2) is 15.6. The van der Waals surface area contributed by atoms with Crippen LogP contribution in [0.4, 0.5) is 0 Å². The number of aromatic amines is 1. The Morgan fingerprint density at radius 3 is 2.38 bits per heavy atom. The number of nitrogens with zero attached hydrogens (tertiary/aromatic N) is 1. The van der Waals surface area contributed by atoms with Crippen molar-refractivity contribution in [3.8, 4) is 0 Å². The molecular formula is C25H38N8O5S. The highest BCUT2D eigenvalue weighted by molar-refractivity contribution is 7.98. The maximum Gasteiger partial charge on any atom is 0.326 e. The minimum absolute atomic E-state index is 0.0485. The normalized spacial score (nSPS) is 14.0. The molecule has 0 aliphatic rings. The van der Waals surface area contributed by atoms with Crippen molar-refractivity contribution in [3.63, 3.8) is 0 Å². The van der Waals surface area contributed by atoms with Gasteiger partial charge in [0.1, 0.15) is 18.1 Å². The number of para-hydroxylation sites is 1. The number of H-pyrrole nitrogens is 1. The Morgan fingerprint density at radius 1 is 1.03 bits per heavy atom. The lowest BCUT2D eigenvalue weighted by Gasteiger charge is -2.23. The summed E-state index contributed by atoms with van der Waals surface area (Å²) < 4.78 is 0. The molecule has 0 saturated carbocycles. The number of aromatic nitrogens is 1. The Hall–Kier alpha value is -3.78. The van der Waals surface area contributed by atoms with Gasteiger partial charge in [-0.05, 0) is 49.8 Å². The highest BCUT2D eigenvalue weighted by Crippen LogP contribution is 2.19. The van der Waals surface area contributed by atoms with E-state index in [1.54, 1.807) is 6.20 Å². The van der Waals surface area contributed by atoms with Crippen molar-refractivity contribution in [1.29, 1.82) is 0 Å². The summed E-state index contributed by atoms with van der Waals surface area (Å²) in [4.78, 5) is 57.2. The van der Waals surface area contributed by atoms with Gasteiger partial charge in [-0.3, -0.25) is 19.4 Å². The predicted molar refractivity (Wildman–Crippen MR) is 152 cm³/mol. The molecule has 0 fully saturated rings. The van der Waals surface area contributed by atoms with Crippen molar-refractivity contribution in [2.45, 2.75) is 56.8 Å². The average Bonchev–Trinajstić information content (AvgIpc) is 3.30. The van der Waals surface area contributed by atoms with Crippen molar-refractivity contribution in [2.75, 3.05) is 18.6 Å². The maximum absolute atomic E-state index is 13.0. The molecule has 4 unspecified atom stereocenters. The van der Waals surface area contributed by atoms with Crippen LogP contribution in [0.15, 0.2) is 35.5 Å². The number of aliphatic imine (C=N–C) groups is 1. The van der Waals surface area contributed by atoms with Gasteiger partial charge in [-0.25, -0.2) is 4.79 Å². The number of carbonyl (C=O) groups excluding carboxylic acids is 3. The zero-order valence-corrected chi connectivity index (χ0v) is 22.9. The summed E-state index contributed by atoms with van der Waals surface area (Å²) in [6, 6.07) is 3.39. The van der Waals surface area contributed by atoms with Crippen molar-refractivity contribution >= 4 is 52.3 Å². The van der Waals surface area contributed by atoms with Crippen molar-refractivity contribution in [3.05, 3.63) is 36.0 Å². The van der Waals surface area contributed by atoms with Gasteiger partial charge in [0.15, 0.2) is 5.96 Å². The molecule has 1 heterocycles. The minimum Gasteiger partial charge on any atom is -0.480 e. The quantitative estimate of drug-likeness (QED) is 0.0740. The van der Waals surface area contributed by atoms with Crippen LogP contribution in [-0.4, -0.2) is 82.5 Å². The Morgan fingerprint density at radius 2 is 1.72 bits per heavy atom. The second-order valence-electron chi connectivity index (χ2n) is 9.09. The van der Waals surface area contributed by atoms with E-state index in [1.807, 2.05) is 30.5 Å². The van der Waals surface area contributed by atoms with Crippen molar-refractivity contribution in [2.24, 2.45) is 22.2 Å².